The molecule has 0 aliphatic heterocycles. The highest BCUT2D eigenvalue weighted by Gasteiger charge is 2.13. The number of tetrazole rings is 1. The van der Waals surface area contributed by atoms with Gasteiger partial charge < -0.3 is 9.15 Å². The van der Waals surface area contributed by atoms with Crippen LogP contribution in [0.4, 0.5) is 0 Å². The Labute approximate surface area is 138 Å². The molecule has 0 unspecified atom stereocenters. The van der Waals surface area contributed by atoms with E-state index in [4.69, 9.17) is 9.15 Å². The average Bonchev–Trinajstić information content (AvgIpc) is 3.23. The Hall–Kier alpha value is -3.22. The second-order valence-corrected chi connectivity index (χ2v) is 5.20. The smallest absolute Gasteiger partial charge is 0.331 e. The maximum absolute atomic E-state index is 11.8. The molecular weight excluding hydrogens is 308 g/mol. The van der Waals surface area contributed by atoms with Gasteiger partial charge in [0.25, 0.3) is 0 Å². The number of carbonyl (C=O) groups is 1. The molecule has 0 aliphatic carbocycles. The minimum atomic E-state index is -0.498. The minimum Gasteiger partial charge on any atom is -0.465 e. The Morgan fingerprint density at radius 1 is 1.25 bits per heavy atom. The second-order valence-electron chi connectivity index (χ2n) is 5.20. The normalized spacial score (nSPS) is 11.1. The van der Waals surface area contributed by atoms with Crippen LogP contribution in [-0.2, 0) is 16.1 Å². The molecule has 3 rings (SSSR count). The van der Waals surface area contributed by atoms with Gasteiger partial charge in [-0.1, -0.05) is 18.2 Å². The molecule has 0 fully saturated rings. The van der Waals surface area contributed by atoms with Crippen LogP contribution in [0.25, 0.3) is 11.8 Å². The van der Waals surface area contributed by atoms with E-state index in [1.54, 1.807) is 16.8 Å². The van der Waals surface area contributed by atoms with Crippen LogP contribution in [-0.4, -0.2) is 26.2 Å². The maximum Gasteiger partial charge on any atom is 0.331 e. The summed E-state index contributed by atoms with van der Waals surface area (Å²) in [5.74, 6) is 0.530. The van der Waals surface area contributed by atoms with E-state index in [2.05, 4.69) is 15.5 Å². The van der Waals surface area contributed by atoms with Crippen LogP contribution in [0.5, 0.6) is 0 Å². The highest BCUT2D eigenvalue weighted by molar-refractivity contribution is 5.86. The number of aromatic nitrogens is 4. The Morgan fingerprint density at radius 3 is 2.75 bits per heavy atom. The van der Waals surface area contributed by atoms with E-state index in [0.717, 1.165) is 16.8 Å². The van der Waals surface area contributed by atoms with Gasteiger partial charge in [-0.2, -0.15) is 4.68 Å². The standard InChI is InChI=1S/C17H16N4O3/c1-12-5-3-6-13(2)17(12)21-15(18-19-20-21)11-24-16(22)9-8-14-7-4-10-23-14/h3-10H,11H2,1-2H3/b9-8+. The molecule has 0 saturated heterocycles. The molecule has 2 heterocycles. The highest BCUT2D eigenvalue weighted by Crippen LogP contribution is 2.18. The first kappa shape index (κ1) is 15.7. The van der Waals surface area contributed by atoms with E-state index < -0.39 is 5.97 Å². The van der Waals surface area contributed by atoms with Crippen LogP contribution in [0.3, 0.4) is 0 Å². The van der Waals surface area contributed by atoms with Crippen molar-refractivity contribution in [1.29, 1.82) is 0 Å². The fourth-order valence-electron chi connectivity index (χ4n) is 2.33. The van der Waals surface area contributed by atoms with E-state index in [0.29, 0.717) is 11.6 Å². The van der Waals surface area contributed by atoms with Crippen molar-refractivity contribution < 1.29 is 13.9 Å². The van der Waals surface area contributed by atoms with Gasteiger partial charge in [0.15, 0.2) is 12.4 Å². The zero-order valence-electron chi connectivity index (χ0n) is 13.3. The highest BCUT2D eigenvalue weighted by atomic mass is 16.5. The molecule has 122 valence electrons. The molecule has 3 aromatic rings. The summed E-state index contributed by atoms with van der Waals surface area (Å²) < 4.78 is 11.9. The Balaban J connectivity index is 1.71. The number of aryl methyl sites for hydroxylation is 2. The van der Waals surface area contributed by atoms with Gasteiger partial charge in [0, 0.05) is 6.08 Å². The molecule has 0 saturated carbocycles. The topological polar surface area (TPSA) is 83.0 Å². The van der Waals surface area contributed by atoms with Crippen LogP contribution in [0.2, 0.25) is 0 Å². The summed E-state index contributed by atoms with van der Waals surface area (Å²) in [6.07, 6.45) is 4.37. The first-order valence-corrected chi connectivity index (χ1v) is 7.37. The van der Waals surface area contributed by atoms with Crippen molar-refractivity contribution in [2.45, 2.75) is 20.5 Å². The van der Waals surface area contributed by atoms with Crippen LogP contribution in [0.15, 0.2) is 47.1 Å². The van der Waals surface area contributed by atoms with Crippen LogP contribution in [0.1, 0.15) is 22.7 Å². The van der Waals surface area contributed by atoms with Crippen LogP contribution < -0.4 is 0 Å². The number of hydrogen-bond acceptors (Lipinski definition) is 6. The molecule has 0 bridgehead atoms. The van der Waals surface area contributed by atoms with Gasteiger partial charge in [-0.05, 0) is 53.6 Å². The number of hydrogen-bond donors (Lipinski definition) is 0. The number of nitrogens with zero attached hydrogens (tertiary/aromatic N) is 4. The van der Waals surface area contributed by atoms with Crippen molar-refractivity contribution in [1.82, 2.24) is 20.2 Å². The van der Waals surface area contributed by atoms with Gasteiger partial charge in [0.05, 0.1) is 12.0 Å². The third kappa shape index (κ3) is 3.40. The molecular formula is C17H16N4O3. The zero-order valence-corrected chi connectivity index (χ0v) is 13.3. The number of ether oxygens (including phenoxy) is 1. The molecule has 2 aromatic heterocycles. The van der Waals surface area contributed by atoms with Crippen molar-refractivity contribution in [2.24, 2.45) is 0 Å². The predicted molar refractivity (Wildman–Crippen MR) is 86.2 cm³/mol. The molecule has 24 heavy (non-hydrogen) atoms. The van der Waals surface area contributed by atoms with E-state index in [1.165, 1.54) is 18.4 Å². The van der Waals surface area contributed by atoms with Gasteiger partial charge in [-0.3, -0.25) is 0 Å². The van der Waals surface area contributed by atoms with Crippen molar-refractivity contribution in [2.75, 3.05) is 0 Å². The lowest BCUT2D eigenvalue weighted by atomic mass is 10.1. The number of esters is 1. The molecule has 0 spiro atoms. The Kier molecular flexibility index (Phi) is 4.51. The lowest BCUT2D eigenvalue weighted by molar-refractivity contribution is -0.139. The minimum absolute atomic E-state index is 0.0257. The fourth-order valence-corrected chi connectivity index (χ4v) is 2.33. The van der Waals surface area contributed by atoms with Gasteiger partial charge in [0.1, 0.15) is 5.76 Å². The Bertz CT molecular complexity index is 846. The van der Waals surface area contributed by atoms with E-state index in [-0.39, 0.29) is 6.61 Å². The van der Waals surface area contributed by atoms with Gasteiger partial charge in [-0.25, -0.2) is 4.79 Å². The van der Waals surface area contributed by atoms with Crippen molar-refractivity contribution in [3.8, 4) is 5.69 Å². The lowest BCUT2D eigenvalue weighted by Crippen LogP contribution is -2.10. The van der Waals surface area contributed by atoms with Gasteiger partial charge >= 0.3 is 5.97 Å². The molecule has 0 radical (unpaired) electrons. The van der Waals surface area contributed by atoms with E-state index >= 15 is 0 Å². The quantitative estimate of drug-likeness (QED) is 0.530. The summed E-state index contributed by atoms with van der Waals surface area (Å²) in [6, 6.07) is 9.41. The lowest BCUT2D eigenvalue weighted by Gasteiger charge is -2.10. The first-order chi connectivity index (χ1) is 11.6. The fraction of sp³-hybridized carbons (Fsp3) is 0.176. The third-order valence-corrected chi connectivity index (χ3v) is 3.46. The molecule has 0 atom stereocenters. The van der Waals surface area contributed by atoms with Crippen LogP contribution in [0, 0.1) is 13.8 Å². The number of furan rings is 1. The SMILES string of the molecule is Cc1cccc(C)c1-n1nnnc1COC(=O)/C=C/c1ccco1. The predicted octanol–water partition coefficient (Wildman–Crippen LogP) is 2.63. The summed E-state index contributed by atoms with van der Waals surface area (Å²) in [5.41, 5.74) is 2.96. The summed E-state index contributed by atoms with van der Waals surface area (Å²) >= 11 is 0. The number of carbonyl (C=O) groups excluding carboxylic acids is 1. The van der Waals surface area contributed by atoms with E-state index in [1.807, 2.05) is 32.0 Å². The molecule has 1 aromatic carbocycles. The average molecular weight is 324 g/mol. The molecule has 0 amide bonds. The van der Waals surface area contributed by atoms with E-state index in [9.17, 15) is 4.79 Å². The second kappa shape index (κ2) is 6.91. The molecule has 0 N–H and O–H groups in total. The molecule has 7 heteroatoms. The van der Waals surface area contributed by atoms with Crippen LogP contribution >= 0.6 is 0 Å². The number of para-hydroxylation sites is 1. The summed E-state index contributed by atoms with van der Waals surface area (Å²) in [7, 11) is 0. The number of rotatable bonds is 5. The van der Waals surface area contributed by atoms with Crippen molar-refractivity contribution in [3.63, 3.8) is 0 Å². The van der Waals surface area contributed by atoms with Gasteiger partial charge in [0.2, 0.25) is 0 Å². The zero-order chi connectivity index (χ0) is 16.9. The maximum atomic E-state index is 11.8. The third-order valence-electron chi connectivity index (χ3n) is 3.46. The first-order valence-electron chi connectivity index (χ1n) is 7.37. The monoisotopic (exact) mass is 324 g/mol. The summed E-state index contributed by atoms with van der Waals surface area (Å²) in [5, 5.41) is 11.6. The van der Waals surface area contributed by atoms with Gasteiger partial charge in [-0.15, -0.1) is 5.10 Å². The van der Waals surface area contributed by atoms with Crippen molar-refractivity contribution in [3.05, 3.63) is 65.4 Å². The number of benzene rings is 1. The largest absolute Gasteiger partial charge is 0.465 e. The molecule has 0 aliphatic rings. The summed E-state index contributed by atoms with van der Waals surface area (Å²) in [4.78, 5) is 11.8. The molecule has 7 nitrogen and oxygen atoms in total. The Morgan fingerprint density at radius 2 is 2.04 bits per heavy atom. The van der Waals surface area contributed by atoms with Crippen molar-refractivity contribution >= 4 is 12.0 Å². The summed E-state index contributed by atoms with van der Waals surface area (Å²) in [6.45, 7) is 3.93.